The molecule has 2 N–H and O–H groups in total. The molecule has 0 aliphatic carbocycles. The maximum Gasteiger partial charge on any atom is 0.335 e. The van der Waals surface area contributed by atoms with Crippen LogP contribution in [0, 0.1) is 0 Å². The Kier molecular flexibility index (Phi) is 6.80. The minimum Gasteiger partial charge on any atom is -0.478 e. The number of aryl methyl sites for hydroxylation is 1. The third kappa shape index (κ3) is 6.15. The largest absolute Gasteiger partial charge is 0.478 e. The molecule has 0 fully saturated rings. The van der Waals surface area contributed by atoms with Gasteiger partial charge in [-0.25, -0.2) is 4.79 Å². The molecule has 122 valence electrons. The summed E-state index contributed by atoms with van der Waals surface area (Å²) >= 11 is 5.13. The van der Waals surface area contributed by atoms with Gasteiger partial charge in [0, 0.05) is 17.8 Å². The van der Waals surface area contributed by atoms with Gasteiger partial charge >= 0.3 is 5.97 Å². The number of hydrogen-bond donors (Lipinski definition) is 2. The molecule has 4 nitrogen and oxygen atoms in total. The van der Waals surface area contributed by atoms with Gasteiger partial charge in [-0.15, -0.1) is 11.3 Å². The molecular formula is C17H18BrNO3S. The standard InChI is InChI=1S/C17H18BrNO3S/c18-15-9-8-14(23-15)2-1-3-16(20)19-11-10-12-4-6-13(7-5-12)17(21)22/h4-9H,1-3,10-11H2,(H,19,20)(H,21,22). The Morgan fingerprint density at radius 1 is 1.09 bits per heavy atom. The first-order valence-electron chi connectivity index (χ1n) is 7.38. The monoisotopic (exact) mass is 395 g/mol. The van der Waals surface area contributed by atoms with Gasteiger partial charge in [0.05, 0.1) is 9.35 Å². The summed E-state index contributed by atoms with van der Waals surface area (Å²) in [5.74, 6) is -0.870. The summed E-state index contributed by atoms with van der Waals surface area (Å²) < 4.78 is 1.12. The van der Waals surface area contributed by atoms with E-state index < -0.39 is 5.97 Å². The third-order valence-corrected chi connectivity index (χ3v) is 5.08. The first kappa shape index (κ1) is 17.7. The Balaban J connectivity index is 1.63. The van der Waals surface area contributed by atoms with Crippen molar-refractivity contribution < 1.29 is 14.7 Å². The van der Waals surface area contributed by atoms with Gasteiger partial charge in [0.1, 0.15) is 0 Å². The van der Waals surface area contributed by atoms with Crippen molar-refractivity contribution in [1.82, 2.24) is 5.32 Å². The van der Waals surface area contributed by atoms with Crippen molar-refractivity contribution >= 4 is 39.1 Å². The van der Waals surface area contributed by atoms with Crippen LogP contribution in [0.5, 0.6) is 0 Å². The van der Waals surface area contributed by atoms with Crippen LogP contribution >= 0.6 is 27.3 Å². The van der Waals surface area contributed by atoms with E-state index in [4.69, 9.17) is 5.11 Å². The molecule has 2 rings (SSSR count). The normalized spacial score (nSPS) is 10.5. The fourth-order valence-electron chi connectivity index (χ4n) is 2.16. The SMILES string of the molecule is O=C(CCCc1ccc(Br)s1)NCCc1ccc(C(=O)O)cc1. The van der Waals surface area contributed by atoms with E-state index in [0.717, 1.165) is 22.2 Å². The number of halogens is 1. The first-order valence-corrected chi connectivity index (χ1v) is 8.98. The van der Waals surface area contributed by atoms with Crippen LogP contribution in [-0.2, 0) is 17.6 Å². The molecule has 2 aromatic rings. The lowest BCUT2D eigenvalue weighted by Crippen LogP contribution is -2.25. The predicted octanol–water partition coefficient (Wildman–Crippen LogP) is 3.89. The van der Waals surface area contributed by atoms with Gasteiger partial charge in [-0.3, -0.25) is 4.79 Å². The maximum absolute atomic E-state index is 11.8. The Labute approximate surface area is 147 Å². The zero-order valence-corrected chi connectivity index (χ0v) is 15.0. The predicted molar refractivity (Wildman–Crippen MR) is 95.1 cm³/mol. The minimum absolute atomic E-state index is 0.0581. The Morgan fingerprint density at radius 3 is 2.43 bits per heavy atom. The number of benzene rings is 1. The fourth-order valence-corrected chi connectivity index (χ4v) is 3.68. The lowest BCUT2D eigenvalue weighted by atomic mass is 10.1. The highest BCUT2D eigenvalue weighted by Crippen LogP contribution is 2.23. The maximum atomic E-state index is 11.8. The fraction of sp³-hybridized carbons (Fsp3) is 0.294. The molecule has 0 unspecified atom stereocenters. The number of carbonyl (C=O) groups excluding carboxylic acids is 1. The average Bonchev–Trinajstić information content (AvgIpc) is 2.93. The number of amides is 1. The molecule has 0 atom stereocenters. The van der Waals surface area contributed by atoms with Crippen LogP contribution in [0.15, 0.2) is 40.2 Å². The molecule has 0 aliphatic heterocycles. The van der Waals surface area contributed by atoms with Gasteiger partial charge in [-0.1, -0.05) is 12.1 Å². The Hall–Kier alpha value is -1.66. The van der Waals surface area contributed by atoms with Crippen LogP contribution in [0.2, 0.25) is 0 Å². The van der Waals surface area contributed by atoms with Crippen molar-refractivity contribution in [3.05, 3.63) is 56.2 Å². The number of carboxylic acid groups (broad SMARTS) is 1. The molecule has 1 aromatic carbocycles. The van der Waals surface area contributed by atoms with Crippen LogP contribution < -0.4 is 5.32 Å². The summed E-state index contributed by atoms with van der Waals surface area (Å²) in [5.41, 5.74) is 1.29. The second-order valence-electron chi connectivity index (χ2n) is 5.16. The summed E-state index contributed by atoms with van der Waals surface area (Å²) in [5, 5.41) is 11.7. The zero-order chi connectivity index (χ0) is 16.7. The van der Waals surface area contributed by atoms with Crippen LogP contribution in [0.1, 0.15) is 33.6 Å². The Bertz CT molecular complexity index is 667. The van der Waals surface area contributed by atoms with E-state index in [1.54, 1.807) is 35.6 Å². The molecule has 1 amide bonds. The van der Waals surface area contributed by atoms with E-state index in [2.05, 4.69) is 27.3 Å². The van der Waals surface area contributed by atoms with Crippen LogP contribution in [-0.4, -0.2) is 23.5 Å². The lowest BCUT2D eigenvalue weighted by Gasteiger charge is -2.05. The van der Waals surface area contributed by atoms with Crippen molar-refractivity contribution in [2.45, 2.75) is 25.7 Å². The topological polar surface area (TPSA) is 66.4 Å². The summed E-state index contributed by atoms with van der Waals surface area (Å²) in [6.07, 6.45) is 2.98. The second-order valence-corrected chi connectivity index (χ2v) is 7.71. The molecule has 1 heterocycles. The molecule has 0 radical (unpaired) electrons. The van der Waals surface area contributed by atoms with Crippen LogP contribution in [0.4, 0.5) is 0 Å². The van der Waals surface area contributed by atoms with E-state index in [9.17, 15) is 9.59 Å². The summed E-state index contributed by atoms with van der Waals surface area (Å²) in [6, 6.07) is 10.8. The molecular weight excluding hydrogens is 378 g/mol. The minimum atomic E-state index is -0.928. The quantitative estimate of drug-likeness (QED) is 0.712. The molecule has 0 saturated heterocycles. The molecule has 6 heteroatoms. The summed E-state index contributed by atoms with van der Waals surface area (Å²) in [6.45, 7) is 0.565. The van der Waals surface area contributed by atoms with Gasteiger partial charge < -0.3 is 10.4 Å². The number of thiophene rings is 1. The number of hydrogen-bond acceptors (Lipinski definition) is 3. The second kappa shape index (κ2) is 8.84. The van der Waals surface area contributed by atoms with Gasteiger partial charge in [0.25, 0.3) is 0 Å². The van der Waals surface area contributed by atoms with E-state index >= 15 is 0 Å². The zero-order valence-electron chi connectivity index (χ0n) is 12.5. The molecule has 0 saturated carbocycles. The van der Waals surface area contributed by atoms with Crippen LogP contribution in [0.25, 0.3) is 0 Å². The lowest BCUT2D eigenvalue weighted by molar-refractivity contribution is -0.121. The van der Waals surface area contributed by atoms with E-state index in [0.29, 0.717) is 19.4 Å². The molecule has 0 spiro atoms. The van der Waals surface area contributed by atoms with E-state index in [1.165, 1.54) is 4.88 Å². The highest BCUT2D eigenvalue weighted by atomic mass is 79.9. The van der Waals surface area contributed by atoms with Gasteiger partial charge in [0.2, 0.25) is 5.91 Å². The molecule has 1 aromatic heterocycles. The Morgan fingerprint density at radius 2 is 1.83 bits per heavy atom. The average molecular weight is 396 g/mol. The van der Waals surface area contributed by atoms with Gasteiger partial charge in [-0.2, -0.15) is 0 Å². The highest BCUT2D eigenvalue weighted by Gasteiger charge is 2.04. The van der Waals surface area contributed by atoms with Crippen molar-refractivity contribution in [2.75, 3.05) is 6.54 Å². The first-order chi connectivity index (χ1) is 11.0. The van der Waals surface area contributed by atoms with E-state index in [-0.39, 0.29) is 11.5 Å². The van der Waals surface area contributed by atoms with Gasteiger partial charge in [-0.05, 0) is 65.0 Å². The smallest absolute Gasteiger partial charge is 0.335 e. The van der Waals surface area contributed by atoms with Crippen molar-refractivity contribution in [2.24, 2.45) is 0 Å². The summed E-state index contributed by atoms with van der Waals surface area (Å²) in [7, 11) is 0. The molecule has 23 heavy (non-hydrogen) atoms. The molecule has 0 bridgehead atoms. The number of rotatable bonds is 8. The number of carbonyl (C=O) groups is 2. The third-order valence-electron chi connectivity index (χ3n) is 3.39. The molecule has 0 aliphatic rings. The number of aromatic carboxylic acids is 1. The van der Waals surface area contributed by atoms with Gasteiger partial charge in [0.15, 0.2) is 0 Å². The van der Waals surface area contributed by atoms with E-state index in [1.807, 2.05) is 6.07 Å². The van der Waals surface area contributed by atoms with Crippen molar-refractivity contribution in [3.63, 3.8) is 0 Å². The van der Waals surface area contributed by atoms with Crippen molar-refractivity contribution in [1.29, 1.82) is 0 Å². The number of carboxylic acids is 1. The highest BCUT2D eigenvalue weighted by molar-refractivity contribution is 9.11. The van der Waals surface area contributed by atoms with Crippen LogP contribution in [0.3, 0.4) is 0 Å². The van der Waals surface area contributed by atoms with Crippen molar-refractivity contribution in [3.8, 4) is 0 Å². The summed E-state index contributed by atoms with van der Waals surface area (Å²) in [4.78, 5) is 23.8. The number of nitrogens with one attached hydrogen (secondary N) is 1.